The van der Waals surface area contributed by atoms with Gasteiger partial charge in [0, 0.05) is 6.08 Å². The summed E-state index contributed by atoms with van der Waals surface area (Å²) in [7, 11) is 2.98. The minimum Gasteiger partial charge on any atom is -0.497 e. The lowest BCUT2D eigenvalue weighted by atomic mass is 9.94. The third kappa shape index (κ3) is 5.73. The van der Waals surface area contributed by atoms with Gasteiger partial charge in [0.25, 0.3) is 11.2 Å². The summed E-state index contributed by atoms with van der Waals surface area (Å²) in [4.78, 5) is 43.7. The van der Waals surface area contributed by atoms with Crippen LogP contribution in [-0.2, 0) is 9.53 Å². The highest BCUT2D eigenvalue weighted by atomic mass is 32.1. The predicted molar refractivity (Wildman–Crippen MR) is 160 cm³/mol. The molecule has 0 fully saturated rings. The molecule has 0 N–H and O–H groups in total. The van der Waals surface area contributed by atoms with Crippen LogP contribution in [0, 0.1) is 10.1 Å². The number of allylic oxidation sites excluding steroid dienone is 1. The van der Waals surface area contributed by atoms with E-state index in [1.807, 2.05) is 13.0 Å². The summed E-state index contributed by atoms with van der Waals surface area (Å²) < 4.78 is 23.7. The molecule has 43 heavy (non-hydrogen) atoms. The van der Waals surface area contributed by atoms with Crippen LogP contribution in [0.5, 0.6) is 11.5 Å². The van der Waals surface area contributed by atoms with E-state index < -0.39 is 16.9 Å². The molecule has 0 radical (unpaired) electrons. The fraction of sp³-hybridized carbons (Fsp3) is 0.258. The molecule has 0 unspecified atom stereocenters. The van der Waals surface area contributed by atoms with E-state index in [1.54, 1.807) is 62.6 Å². The predicted octanol–water partition coefficient (Wildman–Crippen LogP) is 4.76. The standard InChI is InChI=1S/C31H29N3O8S/c1-5-8-23-27(30(36)41-6-2)28(18-9-7-10-19(15-18)39-3)33-29(35)26(43-31(33)32-23)17-21-12-14-25(42-21)22-13-11-20(40-4)16-24(22)34(37)38/h7,9-17,28H,5-6,8H2,1-4H3/b26-17-/t28-/m0/s1. The molecule has 222 valence electrons. The Morgan fingerprint density at radius 2 is 1.88 bits per heavy atom. The van der Waals surface area contributed by atoms with E-state index in [4.69, 9.17) is 23.6 Å². The minimum absolute atomic E-state index is 0.171. The second-order valence-electron chi connectivity index (χ2n) is 9.53. The lowest BCUT2D eigenvalue weighted by molar-refractivity contribution is -0.384. The van der Waals surface area contributed by atoms with E-state index in [1.165, 1.54) is 29.1 Å². The largest absolute Gasteiger partial charge is 0.497 e. The number of hydrogen-bond donors (Lipinski definition) is 0. The molecule has 12 heteroatoms. The van der Waals surface area contributed by atoms with Crippen molar-refractivity contribution >= 4 is 29.1 Å². The molecular formula is C31H29N3O8S. The molecule has 4 aromatic rings. The van der Waals surface area contributed by atoms with Gasteiger partial charge in [-0.2, -0.15) is 0 Å². The van der Waals surface area contributed by atoms with Crippen LogP contribution in [0.25, 0.3) is 17.4 Å². The third-order valence-electron chi connectivity index (χ3n) is 6.87. The van der Waals surface area contributed by atoms with E-state index in [-0.39, 0.29) is 29.2 Å². The smallest absolute Gasteiger partial charge is 0.338 e. The average Bonchev–Trinajstić information content (AvgIpc) is 3.60. The third-order valence-corrected chi connectivity index (χ3v) is 7.85. The molecule has 5 rings (SSSR count). The Kier molecular flexibility index (Phi) is 8.58. The van der Waals surface area contributed by atoms with Gasteiger partial charge in [-0.15, -0.1) is 0 Å². The summed E-state index contributed by atoms with van der Waals surface area (Å²) in [6.07, 6.45) is 2.81. The zero-order valence-corrected chi connectivity index (χ0v) is 24.8. The molecule has 0 spiro atoms. The number of rotatable bonds is 10. The molecule has 0 saturated heterocycles. The Labute approximate surface area is 250 Å². The number of ether oxygens (including phenoxy) is 3. The maximum absolute atomic E-state index is 14.0. The van der Waals surface area contributed by atoms with Crippen LogP contribution in [0.1, 0.15) is 44.1 Å². The Morgan fingerprint density at radius 3 is 2.58 bits per heavy atom. The van der Waals surface area contributed by atoms with Crippen molar-refractivity contribution in [2.24, 2.45) is 4.99 Å². The van der Waals surface area contributed by atoms with Gasteiger partial charge >= 0.3 is 5.97 Å². The summed E-state index contributed by atoms with van der Waals surface area (Å²) in [6, 6.07) is 14.1. The molecule has 0 aliphatic carbocycles. The second kappa shape index (κ2) is 12.5. The van der Waals surface area contributed by atoms with Gasteiger partial charge in [0.05, 0.1) is 59.2 Å². The molecule has 1 aliphatic heterocycles. The summed E-state index contributed by atoms with van der Waals surface area (Å²) in [5.41, 5.74) is 1.27. The number of aromatic nitrogens is 1. The molecular weight excluding hydrogens is 574 g/mol. The second-order valence-corrected chi connectivity index (χ2v) is 10.5. The average molecular weight is 604 g/mol. The molecule has 11 nitrogen and oxygen atoms in total. The van der Waals surface area contributed by atoms with Gasteiger partial charge in [-0.25, -0.2) is 9.79 Å². The number of carbonyl (C=O) groups is 1. The highest BCUT2D eigenvalue weighted by molar-refractivity contribution is 7.07. The van der Waals surface area contributed by atoms with Crippen molar-refractivity contribution in [2.45, 2.75) is 32.7 Å². The summed E-state index contributed by atoms with van der Waals surface area (Å²) in [5.74, 6) is 0.971. The number of carbonyl (C=O) groups excluding carboxylic acids is 1. The van der Waals surface area contributed by atoms with E-state index in [0.717, 1.165) is 6.42 Å². The monoisotopic (exact) mass is 603 g/mol. The molecule has 0 amide bonds. The number of methoxy groups -OCH3 is 2. The molecule has 2 aromatic carbocycles. The van der Waals surface area contributed by atoms with Crippen molar-refractivity contribution in [2.75, 3.05) is 20.8 Å². The van der Waals surface area contributed by atoms with Crippen molar-refractivity contribution in [1.82, 2.24) is 4.57 Å². The van der Waals surface area contributed by atoms with Gasteiger partial charge in [0.1, 0.15) is 23.0 Å². The first-order chi connectivity index (χ1) is 20.8. The molecule has 1 aliphatic rings. The molecule has 0 bridgehead atoms. The van der Waals surface area contributed by atoms with Crippen LogP contribution in [0.2, 0.25) is 0 Å². The Hall–Kier alpha value is -4.97. The Bertz CT molecular complexity index is 1920. The summed E-state index contributed by atoms with van der Waals surface area (Å²) >= 11 is 1.17. The fourth-order valence-corrected chi connectivity index (χ4v) is 5.95. The SMILES string of the molecule is CCCC1=C(C(=O)OCC)[C@H](c2cccc(OC)c2)n2c(s/c(=C\c3ccc(-c4ccc(OC)cc4[N+](=O)[O-])o3)c2=O)=N1. The molecule has 3 heterocycles. The van der Waals surface area contributed by atoms with E-state index in [2.05, 4.69) is 0 Å². The zero-order valence-electron chi connectivity index (χ0n) is 24.0. The van der Waals surface area contributed by atoms with Crippen LogP contribution in [0.4, 0.5) is 5.69 Å². The Balaban J connectivity index is 1.66. The Morgan fingerprint density at radius 1 is 1.12 bits per heavy atom. The number of benzene rings is 2. The number of esters is 1. The molecule has 0 saturated carbocycles. The zero-order chi connectivity index (χ0) is 30.7. The first kappa shape index (κ1) is 29.5. The van der Waals surface area contributed by atoms with Crippen LogP contribution in [0.15, 0.2) is 80.1 Å². The van der Waals surface area contributed by atoms with Gasteiger partial charge in [0.2, 0.25) is 0 Å². The first-order valence-corrected chi connectivity index (χ1v) is 14.4. The quantitative estimate of drug-likeness (QED) is 0.144. The summed E-state index contributed by atoms with van der Waals surface area (Å²) in [6.45, 7) is 3.89. The number of thiazole rings is 1. The molecule has 2 aromatic heterocycles. The summed E-state index contributed by atoms with van der Waals surface area (Å²) in [5, 5.41) is 11.7. The number of nitrogens with zero attached hydrogens (tertiary/aromatic N) is 3. The van der Waals surface area contributed by atoms with Gasteiger partial charge in [-0.1, -0.05) is 36.8 Å². The number of furan rings is 1. The maximum atomic E-state index is 14.0. The first-order valence-electron chi connectivity index (χ1n) is 13.6. The number of fused-ring (bicyclic) bond motifs is 1. The van der Waals surface area contributed by atoms with Gasteiger partial charge in [-0.3, -0.25) is 19.5 Å². The fourth-order valence-electron chi connectivity index (χ4n) is 4.95. The van der Waals surface area contributed by atoms with Gasteiger partial charge in [-0.05, 0) is 55.3 Å². The van der Waals surface area contributed by atoms with Crippen molar-refractivity contribution in [3.63, 3.8) is 0 Å². The molecule has 1 atom stereocenters. The number of hydrogen-bond acceptors (Lipinski definition) is 10. The normalized spacial score (nSPS) is 14.7. The van der Waals surface area contributed by atoms with Crippen molar-refractivity contribution in [3.05, 3.63) is 107 Å². The van der Waals surface area contributed by atoms with Crippen LogP contribution < -0.4 is 24.4 Å². The van der Waals surface area contributed by atoms with Crippen molar-refractivity contribution in [1.29, 1.82) is 0 Å². The van der Waals surface area contributed by atoms with Gasteiger partial charge in [0.15, 0.2) is 4.80 Å². The van der Waals surface area contributed by atoms with Crippen LogP contribution in [-0.4, -0.2) is 36.3 Å². The van der Waals surface area contributed by atoms with E-state index in [9.17, 15) is 19.7 Å². The van der Waals surface area contributed by atoms with Gasteiger partial charge < -0.3 is 18.6 Å². The van der Waals surface area contributed by atoms with Crippen LogP contribution in [0.3, 0.4) is 0 Å². The van der Waals surface area contributed by atoms with Crippen molar-refractivity contribution in [3.8, 4) is 22.8 Å². The lowest BCUT2D eigenvalue weighted by Gasteiger charge is -2.26. The minimum atomic E-state index is -0.789. The van der Waals surface area contributed by atoms with E-state index in [0.29, 0.717) is 49.8 Å². The topological polar surface area (TPSA) is 135 Å². The highest BCUT2D eigenvalue weighted by Crippen LogP contribution is 2.35. The lowest BCUT2D eigenvalue weighted by Crippen LogP contribution is -2.40. The van der Waals surface area contributed by atoms with Crippen molar-refractivity contribution < 1.29 is 28.3 Å². The number of nitro benzene ring substituents is 1. The van der Waals surface area contributed by atoms with Crippen LogP contribution >= 0.6 is 11.3 Å². The maximum Gasteiger partial charge on any atom is 0.338 e. The number of nitro groups is 1. The van der Waals surface area contributed by atoms with E-state index >= 15 is 0 Å². The highest BCUT2D eigenvalue weighted by Gasteiger charge is 2.34.